The highest BCUT2D eigenvalue weighted by molar-refractivity contribution is 6.33. The number of rotatable bonds is 2. The van der Waals surface area contributed by atoms with Gasteiger partial charge in [-0.05, 0) is 7.05 Å². The molecule has 6 nitrogen and oxygen atoms in total. The third kappa shape index (κ3) is 2.71. The van der Waals surface area contributed by atoms with E-state index >= 15 is 0 Å². The van der Waals surface area contributed by atoms with Crippen molar-refractivity contribution in [3.63, 3.8) is 0 Å². The van der Waals surface area contributed by atoms with Crippen LogP contribution in [-0.2, 0) is 4.74 Å². The molecule has 0 spiro atoms. The minimum Gasteiger partial charge on any atom is -0.476 e. The van der Waals surface area contributed by atoms with Crippen LogP contribution in [0.3, 0.4) is 0 Å². The van der Waals surface area contributed by atoms with E-state index in [4.69, 9.17) is 21.4 Å². The normalized spacial score (nSPS) is 21.4. The molecule has 92 valence electrons. The van der Waals surface area contributed by atoms with Crippen molar-refractivity contribution in [3.05, 3.63) is 22.7 Å². The third-order valence-electron chi connectivity index (χ3n) is 2.52. The predicted octanol–water partition coefficient (Wildman–Crippen LogP) is 0.831. The van der Waals surface area contributed by atoms with Gasteiger partial charge in [-0.2, -0.15) is 0 Å². The zero-order chi connectivity index (χ0) is 12.4. The first-order valence-corrected chi connectivity index (χ1v) is 5.51. The van der Waals surface area contributed by atoms with E-state index in [0.29, 0.717) is 19.0 Å². The van der Waals surface area contributed by atoms with Crippen molar-refractivity contribution in [2.24, 2.45) is 0 Å². The zero-order valence-electron chi connectivity index (χ0n) is 9.26. The third-order valence-corrected chi connectivity index (χ3v) is 2.80. The van der Waals surface area contributed by atoms with Gasteiger partial charge in [0.2, 0.25) is 0 Å². The van der Waals surface area contributed by atoms with Crippen LogP contribution in [0.5, 0.6) is 0 Å². The van der Waals surface area contributed by atoms with Crippen molar-refractivity contribution in [1.29, 1.82) is 0 Å². The molecular weight excluding hydrogens is 246 g/mol. The van der Waals surface area contributed by atoms with Crippen LogP contribution >= 0.6 is 11.6 Å². The predicted molar refractivity (Wildman–Crippen MR) is 60.2 cm³/mol. The van der Waals surface area contributed by atoms with E-state index in [2.05, 4.69) is 14.9 Å². The van der Waals surface area contributed by atoms with E-state index in [-0.39, 0.29) is 16.8 Å². The summed E-state index contributed by atoms with van der Waals surface area (Å²) in [5.74, 6) is -0.804. The molecule has 0 amide bonds. The number of carboxylic acids is 1. The van der Waals surface area contributed by atoms with Crippen molar-refractivity contribution < 1.29 is 14.6 Å². The fourth-order valence-electron chi connectivity index (χ4n) is 1.62. The summed E-state index contributed by atoms with van der Waals surface area (Å²) in [7, 11) is 1.96. The second-order valence-corrected chi connectivity index (χ2v) is 4.26. The minimum atomic E-state index is -1.16. The summed E-state index contributed by atoms with van der Waals surface area (Å²) in [5.41, 5.74) is -0.187. The smallest absolute Gasteiger partial charge is 0.356 e. The Bertz CT molecular complexity index is 441. The molecule has 0 saturated carbocycles. The van der Waals surface area contributed by atoms with Gasteiger partial charge < -0.3 is 14.7 Å². The van der Waals surface area contributed by atoms with Crippen molar-refractivity contribution >= 4 is 17.6 Å². The van der Waals surface area contributed by atoms with Gasteiger partial charge in [-0.25, -0.2) is 14.8 Å². The number of hydrogen-bond acceptors (Lipinski definition) is 5. The average Bonchev–Trinajstić information content (AvgIpc) is 2.29. The van der Waals surface area contributed by atoms with Gasteiger partial charge in [0.25, 0.3) is 0 Å². The Balaban J connectivity index is 2.26. The van der Waals surface area contributed by atoms with E-state index in [1.807, 2.05) is 7.05 Å². The van der Waals surface area contributed by atoms with Gasteiger partial charge in [0, 0.05) is 13.1 Å². The molecule has 1 unspecified atom stereocenters. The van der Waals surface area contributed by atoms with Crippen LogP contribution in [0.1, 0.15) is 22.4 Å². The first-order chi connectivity index (χ1) is 8.08. The Labute approximate surface area is 103 Å². The SMILES string of the molecule is CN1CCOC(c2ncc(Cl)c(C(=O)O)n2)C1. The van der Waals surface area contributed by atoms with E-state index in [0.717, 1.165) is 6.54 Å². The molecule has 2 heterocycles. The molecule has 1 saturated heterocycles. The number of likely N-dealkylation sites (N-methyl/N-ethyl adjacent to an activating group) is 1. The molecule has 1 aromatic heterocycles. The van der Waals surface area contributed by atoms with Crippen LogP contribution in [0, 0.1) is 0 Å². The molecule has 1 fully saturated rings. The Morgan fingerprint density at radius 2 is 2.47 bits per heavy atom. The van der Waals surface area contributed by atoms with Crippen LogP contribution in [0.4, 0.5) is 0 Å². The maximum absolute atomic E-state index is 10.9. The minimum absolute atomic E-state index is 0.0328. The summed E-state index contributed by atoms with van der Waals surface area (Å²) in [5, 5.41) is 8.95. The molecule has 1 aromatic rings. The monoisotopic (exact) mass is 257 g/mol. The van der Waals surface area contributed by atoms with Crippen molar-refractivity contribution in [1.82, 2.24) is 14.9 Å². The van der Waals surface area contributed by atoms with Gasteiger partial charge in [0.15, 0.2) is 11.5 Å². The largest absolute Gasteiger partial charge is 0.476 e. The number of carbonyl (C=O) groups is 1. The van der Waals surface area contributed by atoms with E-state index in [1.54, 1.807) is 0 Å². The summed E-state index contributed by atoms with van der Waals surface area (Å²) >= 11 is 5.70. The van der Waals surface area contributed by atoms with Crippen molar-refractivity contribution in [2.45, 2.75) is 6.10 Å². The molecule has 0 aromatic carbocycles. The summed E-state index contributed by atoms with van der Waals surface area (Å²) in [6, 6.07) is 0. The van der Waals surface area contributed by atoms with Gasteiger partial charge in [-0.1, -0.05) is 11.6 Å². The number of hydrogen-bond donors (Lipinski definition) is 1. The topological polar surface area (TPSA) is 75.5 Å². The zero-order valence-corrected chi connectivity index (χ0v) is 10.0. The highest BCUT2D eigenvalue weighted by Gasteiger charge is 2.24. The number of ether oxygens (including phenoxy) is 1. The van der Waals surface area contributed by atoms with Crippen LogP contribution in [0.2, 0.25) is 5.02 Å². The summed E-state index contributed by atoms with van der Waals surface area (Å²) in [6.45, 7) is 2.06. The van der Waals surface area contributed by atoms with E-state index in [9.17, 15) is 4.79 Å². The molecule has 1 atom stereocenters. The lowest BCUT2D eigenvalue weighted by Crippen LogP contribution is -2.36. The van der Waals surface area contributed by atoms with Gasteiger partial charge >= 0.3 is 5.97 Å². The first-order valence-electron chi connectivity index (χ1n) is 5.14. The molecule has 17 heavy (non-hydrogen) atoms. The summed E-state index contributed by atoms with van der Waals surface area (Å²) < 4.78 is 5.51. The standard InChI is InChI=1S/C10H12ClN3O3/c1-14-2-3-17-7(5-14)9-12-4-6(11)8(13-9)10(15)16/h4,7H,2-3,5H2,1H3,(H,15,16). The molecule has 2 rings (SSSR count). The second kappa shape index (κ2) is 4.95. The summed E-state index contributed by atoms with van der Waals surface area (Å²) in [6.07, 6.45) is 0.995. The van der Waals surface area contributed by atoms with Crippen LogP contribution < -0.4 is 0 Å². The number of halogens is 1. The van der Waals surface area contributed by atoms with Gasteiger partial charge in [0.05, 0.1) is 17.8 Å². The molecule has 0 radical (unpaired) electrons. The first kappa shape index (κ1) is 12.2. The Morgan fingerprint density at radius 1 is 1.71 bits per heavy atom. The lowest BCUT2D eigenvalue weighted by Gasteiger charge is -2.29. The quantitative estimate of drug-likeness (QED) is 0.846. The summed E-state index contributed by atoms with van der Waals surface area (Å²) in [4.78, 5) is 20.9. The average molecular weight is 258 g/mol. The lowest BCUT2D eigenvalue weighted by molar-refractivity contribution is -0.0255. The van der Waals surface area contributed by atoms with E-state index < -0.39 is 5.97 Å². The molecule has 0 bridgehead atoms. The van der Waals surface area contributed by atoms with Gasteiger partial charge in [-0.3, -0.25) is 0 Å². The van der Waals surface area contributed by atoms with Gasteiger partial charge in [-0.15, -0.1) is 0 Å². The van der Waals surface area contributed by atoms with Crippen LogP contribution in [-0.4, -0.2) is 52.7 Å². The molecule has 1 aliphatic heterocycles. The Kier molecular flexibility index (Phi) is 3.56. The van der Waals surface area contributed by atoms with Crippen LogP contribution in [0.25, 0.3) is 0 Å². The number of morpholine rings is 1. The number of carboxylic acid groups (broad SMARTS) is 1. The molecule has 7 heteroatoms. The van der Waals surface area contributed by atoms with Crippen LogP contribution in [0.15, 0.2) is 6.20 Å². The van der Waals surface area contributed by atoms with Crippen molar-refractivity contribution in [2.75, 3.05) is 26.7 Å². The molecular formula is C10H12ClN3O3. The fraction of sp³-hybridized carbons (Fsp3) is 0.500. The van der Waals surface area contributed by atoms with Crippen molar-refractivity contribution in [3.8, 4) is 0 Å². The highest BCUT2D eigenvalue weighted by Crippen LogP contribution is 2.20. The molecule has 0 aliphatic carbocycles. The van der Waals surface area contributed by atoms with Gasteiger partial charge in [0.1, 0.15) is 6.10 Å². The Morgan fingerprint density at radius 3 is 3.12 bits per heavy atom. The highest BCUT2D eigenvalue weighted by atomic mass is 35.5. The fourth-order valence-corrected chi connectivity index (χ4v) is 1.79. The maximum Gasteiger partial charge on any atom is 0.356 e. The molecule has 1 N–H and O–H groups in total. The molecule has 1 aliphatic rings. The van der Waals surface area contributed by atoms with E-state index in [1.165, 1.54) is 6.20 Å². The Hall–Kier alpha value is -1.24. The number of aromatic carboxylic acids is 1. The second-order valence-electron chi connectivity index (χ2n) is 3.85. The lowest BCUT2D eigenvalue weighted by atomic mass is 10.2. The maximum atomic E-state index is 10.9. The number of aromatic nitrogens is 2. The number of nitrogens with zero attached hydrogens (tertiary/aromatic N) is 3.